The Labute approximate surface area is 85.2 Å². The van der Waals surface area contributed by atoms with Crippen molar-refractivity contribution in [1.29, 1.82) is 0 Å². The molecular formula is C12H17NO. The maximum Gasteiger partial charge on any atom is 0.150 e. The van der Waals surface area contributed by atoms with Crippen molar-refractivity contribution in [2.45, 2.75) is 25.7 Å². The molecule has 0 spiro atoms. The summed E-state index contributed by atoms with van der Waals surface area (Å²) in [5.74, 6) is 1.45. The van der Waals surface area contributed by atoms with Crippen molar-refractivity contribution in [3.8, 4) is 0 Å². The summed E-state index contributed by atoms with van der Waals surface area (Å²) >= 11 is 0. The van der Waals surface area contributed by atoms with Gasteiger partial charge in [-0.1, -0.05) is 23.8 Å². The van der Waals surface area contributed by atoms with Crippen LogP contribution in [0.1, 0.15) is 25.7 Å². The minimum Gasteiger partial charge on any atom is -0.624 e. The molecule has 0 N–H and O–H groups in total. The van der Waals surface area contributed by atoms with Crippen LogP contribution in [0.25, 0.3) is 0 Å². The molecule has 0 radical (unpaired) electrons. The standard InChI is InChI=1S/C12H17NO/c1-13(14)7-3-2-4-11-8-10-5-6-12(11)9-10/h5-8,10,12H,2-4,9H2,1H3/b13-7-. The lowest BCUT2D eigenvalue weighted by Crippen LogP contribution is -1.98. The predicted molar refractivity (Wildman–Crippen MR) is 58.3 cm³/mol. The molecular weight excluding hydrogens is 174 g/mol. The smallest absolute Gasteiger partial charge is 0.150 e. The predicted octanol–water partition coefficient (Wildman–Crippen LogP) is 2.50. The second-order valence-electron chi connectivity index (χ2n) is 4.25. The Morgan fingerprint density at radius 2 is 2.43 bits per heavy atom. The van der Waals surface area contributed by atoms with Gasteiger partial charge in [0.1, 0.15) is 7.05 Å². The number of allylic oxidation sites excluding steroid dienone is 4. The number of hydroxylamine groups is 1. The molecule has 0 aromatic heterocycles. The number of hydrogen-bond acceptors (Lipinski definition) is 1. The maximum atomic E-state index is 10.6. The second-order valence-corrected chi connectivity index (χ2v) is 4.25. The summed E-state index contributed by atoms with van der Waals surface area (Å²) < 4.78 is 0.898. The molecule has 0 aromatic carbocycles. The van der Waals surface area contributed by atoms with E-state index in [-0.39, 0.29) is 0 Å². The zero-order chi connectivity index (χ0) is 9.97. The van der Waals surface area contributed by atoms with Crippen LogP contribution in [0.3, 0.4) is 0 Å². The fourth-order valence-corrected chi connectivity index (χ4v) is 2.37. The number of fused-ring (bicyclic) bond motifs is 2. The van der Waals surface area contributed by atoms with Gasteiger partial charge in [-0.05, 0) is 31.1 Å². The summed E-state index contributed by atoms with van der Waals surface area (Å²) in [5, 5.41) is 10.6. The fourth-order valence-electron chi connectivity index (χ4n) is 2.37. The minimum absolute atomic E-state index is 0.723. The summed E-state index contributed by atoms with van der Waals surface area (Å²) in [6.45, 7) is 0. The lowest BCUT2D eigenvalue weighted by Gasteiger charge is -2.08. The number of hydrogen-bond donors (Lipinski definition) is 0. The topological polar surface area (TPSA) is 26.1 Å². The van der Waals surface area contributed by atoms with Crippen LogP contribution in [-0.2, 0) is 0 Å². The van der Waals surface area contributed by atoms with E-state index in [9.17, 15) is 5.21 Å². The number of rotatable bonds is 4. The molecule has 14 heavy (non-hydrogen) atoms. The molecule has 0 heterocycles. The average molecular weight is 191 g/mol. The summed E-state index contributed by atoms with van der Waals surface area (Å²) in [4.78, 5) is 0. The highest BCUT2D eigenvalue weighted by Crippen LogP contribution is 2.40. The first-order valence-corrected chi connectivity index (χ1v) is 5.38. The third-order valence-corrected chi connectivity index (χ3v) is 3.08. The number of nitrogens with zero attached hydrogens (tertiary/aromatic N) is 1. The molecule has 2 aliphatic carbocycles. The summed E-state index contributed by atoms with van der Waals surface area (Å²) in [7, 11) is 1.54. The summed E-state index contributed by atoms with van der Waals surface area (Å²) in [6, 6.07) is 0. The van der Waals surface area contributed by atoms with E-state index in [4.69, 9.17) is 0 Å². The lowest BCUT2D eigenvalue weighted by molar-refractivity contribution is -0.418. The zero-order valence-corrected chi connectivity index (χ0v) is 8.65. The molecule has 2 unspecified atom stereocenters. The van der Waals surface area contributed by atoms with E-state index in [1.165, 1.54) is 6.42 Å². The van der Waals surface area contributed by atoms with Gasteiger partial charge in [0.05, 0.1) is 0 Å². The molecule has 2 bridgehead atoms. The Morgan fingerprint density at radius 1 is 1.57 bits per heavy atom. The van der Waals surface area contributed by atoms with Gasteiger partial charge in [-0.15, -0.1) is 0 Å². The van der Waals surface area contributed by atoms with E-state index in [2.05, 4.69) is 18.2 Å². The van der Waals surface area contributed by atoms with Crippen LogP contribution in [-0.4, -0.2) is 18.0 Å². The quantitative estimate of drug-likeness (QED) is 0.167. The van der Waals surface area contributed by atoms with Crippen molar-refractivity contribution >= 4 is 6.21 Å². The van der Waals surface area contributed by atoms with E-state index in [0.29, 0.717) is 0 Å². The number of unbranched alkanes of at least 4 members (excludes halogenated alkanes) is 1. The van der Waals surface area contributed by atoms with E-state index in [1.807, 2.05) is 0 Å². The molecule has 0 amide bonds. The summed E-state index contributed by atoms with van der Waals surface area (Å²) in [5.41, 5.74) is 1.60. The zero-order valence-electron chi connectivity index (χ0n) is 8.65. The Kier molecular flexibility index (Phi) is 2.71. The molecule has 76 valence electrons. The minimum atomic E-state index is 0.723. The highest BCUT2D eigenvalue weighted by atomic mass is 16.5. The largest absolute Gasteiger partial charge is 0.624 e. The second kappa shape index (κ2) is 3.99. The van der Waals surface area contributed by atoms with E-state index in [1.54, 1.807) is 18.8 Å². The SMILES string of the molecule is C/[N+]([O-])=C/CCCC1=CC2C=CC1C2. The van der Waals surface area contributed by atoms with Gasteiger partial charge in [0.2, 0.25) is 0 Å². The van der Waals surface area contributed by atoms with Gasteiger partial charge < -0.3 is 5.21 Å². The molecule has 0 fully saturated rings. The third kappa shape index (κ3) is 2.06. The maximum absolute atomic E-state index is 10.6. The first kappa shape index (κ1) is 9.50. The van der Waals surface area contributed by atoms with Crippen molar-refractivity contribution in [3.05, 3.63) is 29.0 Å². The van der Waals surface area contributed by atoms with Crippen LogP contribution in [0, 0.1) is 17.0 Å². The van der Waals surface area contributed by atoms with Crippen LogP contribution in [0.2, 0.25) is 0 Å². The van der Waals surface area contributed by atoms with Crippen molar-refractivity contribution < 1.29 is 4.74 Å². The van der Waals surface area contributed by atoms with Gasteiger partial charge >= 0.3 is 0 Å². The van der Waals surface area contributed by atoms with Crippen molar-refractivity contribution in [3.63, 3.8) is 0 Å². The molecule has 2 heteroatoms. The normalized spacial score (nSPS) is 29.8. The summed E-state index contributed by atoms with van der Waals surface area (Å²) in [6.07, 6.45) is 13.2. The first-order valence-electron chi connectivity index (χ1n) is 5.38. The third-order valence-electron chi connectivity index (χ3n) is 3.08. The monoisotopic (exact) mass is 191 g/mol. The van der Waals surface area contributed by atoms with Crippen LogP contribution < -0.4 is 0 Å². The highest BCUT2D eigenvalue weighted by molar-refractivity contribution is 5.51. The highest BCUT2D eigenvalue weighted by Gasteiger charge is 2.26. The lowest BCUT2D eigenvalue weighted by atomic mass is 9.98. The van der Waals surface area contributed by atoms with Crippen molar-refractivity contribution in [1.82, 2.24) is 0 Å². The van der Waals surface area contributed by atoms with Crippen molar-refractivity contribution in [2.75, 3.05) is 7.05 Å². The van der Waals surface area contributed by atoms with Crippen LogP contribution >= 0.6 is 0 Å². The Bertz CT molecular complexity index is 297. The van der Waals surface area contributed by atoms with Crippen molar-refractivity contribution in [2.24, 2.45) is 11.8 Å². The van der Waals surface area contributed by atoms with Gasteiger partial charge in [0.15, 0.2) is 6.21 Å². The Morgan fingerprint density at radius 3 is 3.00 bits per heavy atom. The van der Waals surface area contributed by atoms with Gasteiger partial charge in [-0.3, -0.25) is 0 Å². The Hall–Kier alpha value is -1.05. The fraction of sp³-hybridized carbons (Fsp3) is 0.583. The molecule has 0 aliphatic heterocycles. The van der Waals surface area contributed by atoms with Gasteiger partial charge in [0.25, 0.3) is 0 Å². The molecule has 2 rings (SSSR count). The molecule has 2 atom stereocenters. The Balaban J connectivity index is 1.73. The van der Waals surface area contributed by atoms with Crippen LogP contribution in [0.15, 0.2) is 23.8 Å². The van der Waals surface area contributed by atoms with Gasteiger partial charge in [-0.2, -0.15) is 0 Å². The van der Waals surface area contributed by atoms with Crippen LogP contribution in [0.5, 0.6) is 0 Å². The average Bonchev–Trinajstić information content (AvgIpc) is 2.73. The molecule has 0 aromatic rings. The molecule has 0 saturated carbocycles. The van der Waals surface area contributed by atoms with E-state index in [0.717, 1.165) is 35.8 Å². The molecule has 2 aliphatic rings. The molecule has 0 saturated heterocycles. The van der Waals surface area contributed by atoms with Crippen LogP contribution in [0.4, 0.5) is 0 Å². The molecule has 2 nitrogen and oxygen atoms in total. The van der Waals surface area contributed by atoms with Gasteiger partial charge in [-0.25, -0.2) is 4.74 Å². The van der Waals surface area contributed by atoms with Gasteiger partial charge in [0, 0.05) is 6.42 Å². The van der Waals surface area contributed by atoms with E-state index < -0.39 is 0 Å². The van der Waals surface area contributed by atoms with E-state index >= 15 is 0 Å². The first-order chi connectivity index (χ1) is 6.75.